The Morgan fingerprint density at radius 2 is 1.85 bits per heavy atom. The highest BCUT2D eigenvalue weighted by atomic mass is 35.5. The molecule has 2 rings (SSSR count). The fraction of sp³-hybridized carbons (Fsp3) is 0.316. The lowest BCUT2D eigenvalue weighted by atomic mass is 9.92. The molecule has 27 heavy (non-hydrogen) atoms. The van der Waals surface area contributed by atoms with Crippen molar-refractivity contribution in [1.82, 2.24) is 5.32 Å². The third-order valence-corrected chi connectivity index (χ3v) is 4.15. The summed E-state index contributed by atoms with van der Waals surface area (Å²) >= 11 is 0. The van der Waals surface area contributed by atoms with Crippen LogP contribution >= 0.6 is 12.4 Å². The average molecular weight is 393 g/mol. The Hall–Kier alpha value is -2.64. The van der Waals surface area contributed by atoms with E-state index in [0.717, 1.165) is 11.1 Å². The Morgan fingerprint density at radius 3 is 2.48 bits per heavy atom. The maximum Gasteiger partial charge on any atom is 0.292 e. The van der Waals surface area contributed by atoms with E-state index in [1.54, 1.807) is 13.0 Å². The van der Waals surface area contributed by atoms with E-state index in [4.69, 9.17) is 5.73 Å². The van der Waals surface area contributed by atoms with Crippen LogP contribution in [0.2, 0.25) is 0 Å². The summed E-state index contributed by atoms with van der Waals surface area (Å²) in [6.45, 7) is 4.40. The van der Waals surface area contributed by atoms with E-state index in [0.29, 0.717) is 25.2 Å². The minimum Gasteiger partial charge on any atom is -0.379 e. The Labute approximate surface area is 164 Å². The van der Waals surface area contributed by atoms with Crippen molar-refractivity contribution in [2.24, 2.45) is 5.73 Å². The molecule has 0 spiro atoms. The molecule has 0 fully saturated rings. The normalized spacial score (nSPS) is 12.4. The molecule has 0 aromatic heterocycles. The van der Waals surface area contributed by atoms with E-state index >= 15 is 0 Å². The maximum atomic E-state index is 12.3. The van der Waals surface area contributed by atoms with Gasteiger partial charge in [0.25, 0.3) is 5.69 Å². The number of amides is 1. The van der Waals surface area contributed by atoms with Gasteiger partial charge in [-0.1, -0.05) is 36.4 Å². The summed E-state index contributed by atoms with van der Waals surface area (Å²) in [6, 6.07) is 14.2. The minimum atomic E-state index is -1.11. The van der Waals surface area contributed by atoms with Gasteiger partial charge in [-0.3, -0.25) is 14.9 Å². The number of nitro benzene ring substituents is 1. The first-order chi connectivity index (χ1) is 12.3. The highest BCUT2D eigenvalue weighted by molar-refractivity contribution is 5.87. The molecular formula is C19H25ClN4O3. The Balaban J connectivity index is 0.00000364. The third-order valence-electron chi connectivity index (χ3n) is 4.15. The largest absolute Gasteiger partial charge is 0.379 e. The number of nitrogens with two attached hydrogens (primary N) is 1. The molecule has 1 atom stereocenters. The van der Waals surface area contributed by atoms with Crippen LogP contribution in [0.25, 0.3) is 0 Å². The van der Waals surface area contributed by atoms with Crippen LogP contribution in [-0.2, 0) is 10.3 Å². The van der Waals surface area contributed by atoms with Crippen LogP contribution in [0.3, 0.4) is 0 Å². The second-order valence-electron chi connectivity index (χ2n) is 6.38. The fourth-order valence-electron chi connectivity index (χ4n) is 2.55. The third kappa shape index (κ3) is 5.94. The van der Waals surface area contributed by atoms with Gasteiger partial charge >= 0.3 is 0 Å². The van der Waals surface area contributed by atoms with Crippen LogP contribution in [0.1, 0.15) is 24.5 Å². The standard InChI is InChI=1S/C19H24N4O3.ClH/c1-14-9-10-16(17(13-14)23(25)26)21-11-6-12-22-18(24)19(2,20)15-7-4-3-5-8-15;/h3-5,7-10,13,21H,6,11-12,20H2,1-2H3,(H,22,24);1H. The molecule has 0 aliphatic carbocycles. The molecule has 0 aliphatic rings. The van der Waals surface area contributed by atoms with Crippen LogP contribution in [-0.4, -0.2) is 23.9 Å². The van der Waals surface area contributed by atoms with Crippen LogP contribution in [0.5, 0.6) is 0 Å². The van der Waals surface area contributed by atoms with Crippen molar-refractivity contribution in [3.05, 3.63) is 69.8 Å². The summed E-state index contributed by atoms with van der Waals surface area (Å²) in [7, 11) is 0. The van der Waals surface area contributed by atoms with Gasteiger partial charge in [0.15, 0.2) is 0 Å². The SMILES string of the molecule is Cc1ccc(NCCCNC(=O)C(C)(N)c2ccccc2)c([N+](=O)[O-])c1.Cl. The number of halogens is 1. The maximum absolute atomic E-state index is 12.3. The topological polar surface area (TPSA) is 110 Å². The van der Waals surface area contributed by atoms with Gasteiger partial charge in [-0.25, -0.2) is 0 Å². The van der Waals surface area contributed by atoms with Gasteiger partial charge in [0.2, 0.25) is 5.91 Å². The lowest BCUT2D eigenvalue weighted by molar-refractivity contribution is -0.384. The Bertz CT molecular complexity index is 782. The van der Waals surface area contributed by atoms with Gasteiger partial charge in [0, 0.05) is 19.2 Å². The molecule has 2 aromatic rings. The Kier molecular flexibility index (Phi) is 8.21. The number of aryl methyl sites for hydroxylation is 1. The molecule has 7 nitrogen and oxygen atoms in total. The highest BCUT2D eigenvalue weighted by Crippen LogP contribution is 2.25. The van der Waals surface area contributed by atoms with E-state index < -0.39 is 10.5 Å². The number of nitrogens with zero attached hydrogens (tertiary/aromatic N) is 1. The van der Waals surface area contributed by atoms with Gasteiger partial charge in [0.05, 0.1) is 4.92 Å². The monoisotopic (exact) mass is 392 g/mol. The number of nitro groups is 1. The van der Waals surface area contributed by atoms with Crippen molar-refractivity contribution >= 4 is 29.7 Å². The van der Waals surface area contributed by atoms with Gasteiger partial charge in [0.1, 0.15) is 11.2 Å². The number of hydrogen-bond acceptors (Lipinski definition) is 5. The van der Waals surface area contributed by atoms with E-state index in [1.165, 1.54) is 6.07 Å². The van der Waals surface area contributed by atoms with E-state index in [2.05, 4.69) is 10.6 Å². The number of carbonyl (C=O) groups is 1. The predicted molar refractivity (Wildman–Crippen MR) is 109 cm³/mol. The molecule has 0 aliphatic heterocycles. The van der Waals surface area contributed by atoms with Crippen molar-refractivity contribution in [3.63, 3.8) is 0 Å². The number of rotatable bonds is 8. The molecular weight excluding hydrogens is 368 g/mol. The summed E-state index contributed by atoms with van der Waals surface area (Å²) in [5.41, 5.74) is 7.14. The van der Waals surface area contributed by atoms with E-state index in [9.17, 15) is 14.9 Å². The molecule has 0 radical (unpaired) electrons. The van der Waals surface area contributed by atoms with Gasteiger partial charge in [-0.2, -0.15) is 0 Å². The number of hydrogen-bond donors (Lipinski definition) is 3. The quantitative estimate of drug-likeness (QED) is 0.363. The molecule has 8 heteroatoms. The van der Waals surface area contributed by atoms with E-state index in [-0.39, 0.29) is 24.0 Å². The van der Waals surface area contributed by atoms with Crippen molar-refractivity contribution in [3.8, 4) is 0 Å². The molecule has 0 saturated carbocycles. The lowest BCUT2D eigenvalue weighted by Crippen LogP contribution is -2.49. The number of nitrogens with one attached hydrogen (secondary N) is 2. The molecule has 146 valence electrons. The first-order valence-corrected chi connectivity index (χ1v) is 8.44. The van der Waals surface area contributed by atoms with Crippen LogP contribution < -0.4 is 16.4 Å². The first kappa shape index (κ1) is 22.4. The summed E-state index contributed by atoms with van der Waals surface area (Å²) in [5.74, 6) is -0.259. The van der Waals surface area contributed by atoms with Crippen molar-refractivity contribution in [2.45, 2.75) is 25.8 Å². The fourth-order valence-corrected chi connectivity index (χ4v) is 2.55. The second-order valence-corrected chi connectivity index (χ2v) is 6.38. The van der Waals surface area contributed by atoms with Crippen LogP contribution in [0.4, 0.5) is 11.4 Å². The second kappa shape index (κ2) is 9.89. The van der Waals surface area contributed by atoms with Crippen molar-refractivity contribution in [2.75, 3.05) is 18.4 Å². The molecule has 0 bridgehead atoms. The minimum absolute atomic E-state index is 0. The zero-order chi connectivity index (χ0) is 19.2. The molecule has 0 heterocycles. The predicted octanol–water partition coefficient (Wildman–Crippen LogP) is 3.12. The highest BCUT2D eigenvalue weighted by Gasteiger charge is 2.29. The van der Waals surface area contributed by atoms with Gasteiger partial charge in [-0.15, -0.1) is 12.4 Å². The van der Waals surface area contributed by atoms with Crippen LogP contribution in [0.15, 0.2) is 48.5 Å². The van der Waals surface area contributed by atoms with Gasteiger partial charge in [-0.05, 0) is 37.5 Å². The zero-order valence-corrected chi connectivity index (χ0v) is 16.2. The number of carbonyl (C=O) groups excluding carboxylic acids is 1. The summed E-state index contributed by atoms with van der Waals surface area (Å²) in [4.78, 5) is 23.0. The number of benzene rings is 2. The smallest absolute Gasteiger partial charge is 0.292 e. The number of anilines is 1. The van der Waals surface area contributed by atoms with Crippen molar-refractivity contribution < 1.29 is 9.72 Å². The summed E-state index contributed by atoms with van der Waals surface area (Å²) in [6.07, 6.45) is 0.613. The summed E-state index contributed by atoms with van der Waals surface area (Å²) < 4.78 is 0. The molecule has 4 N–H and O–H groups in total. The first-order valence-electron chi connectivity index (χ1n) is 8.44. The van der Waals surface area contributed by atoms with Crippen LogP contribution in [0, 0.1) is 17.0 Å². The lowest BCUT2D eigenvalue weighted by Gasteiger charge is -2.24. The Morgan fingerprint density at radius 1 is 1.19 bits per heavy atom. The zero-order valence-electron chi connectivity index (χ0n) is 15.4. The molecule has 1 amide bonds. The molecule has 0 saturated heterocycles. The van der Waals surface area contributed by atoms with Crippen molar-refractivity contribution in [1.29, 1.82) is 0 Å². The summed E-state index contributed by atoms with van der Waals surface area (Å²) in [5, 5.41) is 17.0. The molecule has 1 unspecified atom stereocenters. The molecule has 2 aromatic carbocycles. The van der Waals surface area contributed by atoms with E-state index in [1.807, 2.05) is 43.3 Å². The average Bonchev–Trinajstić information content (AvgIpc) is 2.62. The van der Waals surface area contributed by atoms with Gasteiger partial charge < -0.3 is 16.4 Å².